The average molecular weight is 388 g/mol. The number of nitrogens with zero attached hydrogens (tertiary/aromatic N) is 3. The lowest BCUT2D eigenvalue weighted by molar-refractivity contribution is -0.384. The summed E-state index contributed by atoms with van der Waals surface area (Å²) in [7, 11) is 0. The quantitative estimate of drug-likeness (QED) is 0.577. The minimum atomic E-state index is -0.576. The van der Waals surface area contributed by atoms with Gasteiger partial charge in [0, 0.05) is 30.8 Å². The fourth-order valence-corrected chi connectivity index (χ4v) is 3.15. The SMILES string of the molecule is Cc1ccc(N(CN2CCCC2=O)C(=O)c2cc([N+](=O)[O-])ccc2Cl)cc1. The normalized spacial score (nSPS) is 13.7. The van der Waals surface area contributed by atoms with E-state index in [9.17, 15) is 19.7 Å². The van der Waals surface area contributed by atoms with Crippen molar-refractivity contribution in [2.45, 2.75) is 19.8 Å². The topological polar surface area (TPSA) is 83.8 Å². The highest BCUT2D eigenvalue weighted by molar-refractivity contribution is 6.34. The van der Waals surface area contributed by atoms with Gasteiger partial charge in [-0.15, -0.1) is 0 Å². The first-order valence-corrected chi connectivity index (χ1v) is 8.85. The molecule has 1 heterocycles. The Hall–Kier alpha value is -2.93. The van der Waals surface area contributed by atoms with Crippen LogP contribution in [0.25, 0.3) is 0 Å². The van der Waals surface area contributed by atoms with E-state index in [-0.39, 0.29) is 28.8 Å². The lowest BCUT2D eigenvalue weighted by atomic mass is 10.1. The van der Waals surface area contributed by atoms with Crippen molar-refractivity contribution in [2.75, 3.05) is 18.1 Å². The van der Waals surface area contributed by atoms with E-state index < -0.39 is 10.8 Å². The van der Waals surface area contributed by atoms with Crippen molar-refractivity contribution in [3.63, 3.8) is 0 Å². The van der Waals surface area contributed by atoms with Crippen LogP contribution in [-0.2, 0) is 4.79 Å². The van der Waals surface area contributed by atoms with Gasteiger partial charge in [0.1, 0.15) is 6.67 Å². The van der Waals surface area contributed by atoms with Crippen molar-refractivity contribution in [2.24, 2.45) is 0 Å². The van der Waals surface area contributed by atoms with Crippen LogP contribution in [-0.4, -0.2) is 34.9 Å². The summed E-state index contributed by atoms with van der Waals surface area (Å²) < 4.78 is 0. The Morgan fingerprint density at radius 1 is 1.26 bits per heavy atom. The maximum absolute atomic E-state index is 13.2. The van der Waals surface area contributed by atoms with E-state index in [1.165, 1.54) is 17.0 Å². The molecule has 0 aromatic heterocycles. The molecule has 0 spiro atoms. The molecular weight excluding hydrogens is 370 g/mol. The summed E-state index contributed by atoms with van der Waals surface area (Å²) in [5, 5.41) is 11.2. The fraction of sp³-hybridized carbons (Fsp3) is 0.263. The molecule has 1 saturated heterocycles. The largest absolute Gasteiger partial charge is 0.324 e. The molecule has 2 aromatic carbocycles. The van der Waals surface area contributed by atoms with Gasteiger partial charge >= 0.3 is 0 Å². The highest BCUT2D eigenvalue weighted by Gasteiger charge is 2.28. The molecule has 140 valence electrons. The Labute approximate surface area is 161 Å². The van der Waals surface area contributed by atoms with E-state index in [0.717, 1.165) is 18.1 Å². The number of hydrogen-bond donors (Lipinski definition) is 0. The van der Waals surface area contributed by atoms with Crippen LogP contribution in [0.15, 0.2) is 42.5 Å². The second-order valence-electron chi connectivity index (χ2n) is 6.39. The van der Waals surface area contributed by atoms with E-state index in [1.54, 1.807) is 17.0 Å². The van der Waals surface area contributed by atoms with Crippen LogP contribution < -0.4 is 4.90 Å². The molecule has 0 atom stereocenters. The molecule has 0 unspecified atom stereocenters. The molecule has 0 saturated carbocycles. The van der Waals surface area contributed by atoms with Gasteiger partial charge < -0.3 is 4.90 Å². The van der Waals surface area contributed by atoms with Gasteiger partial charge in [0.15, 0.2) is 0 Å². The molecule has 3 rings (SSSR count). The molecule has 2 amide bonds. The van der Waals surface area contributed by atoms with E-state index in [2.05, 4.69) is 0 Å². The Balaban J connectivity index is 2.00. The summed E-state index contributed by atoms with van der Waals surface area (Å²) in [6, 6.07) is 11.0. The summed E-state index contributed by atoms with van der Waals surface area (Å²) in [4.78, 5) is 38.8. The predicted molar refractivity (Wildman–Crippen MR) is 102 cm³/mol. The summed E-state index contributed by atoms with van der Waals surface area (Å²) in [6.07, 6.45) is 1.19. The van der Waals surface area contributed by atoms with Gasteiger partial charge in [0.2, 0.25) is 5.91 Å². The number of rotatable bonds is 5. The lowest BCUT2D eigenvalue weighted by Crippen LogP contribution is -2.42. The van der Waals surface area contributed by atoms with E-state index in [4.69, 9.17) is 11.6 Å². The van der Waals surface area contributed by atoms with Crippen LogP contribution in [0.3, 0.4) is 0 Å². The summed E-state index contributed by atoms with van der Waals surface area (Å²) in [6.45, 7) is 2.56. The predicted octanol–water partition coefficient (Wildman–Crippen LogP) is 3.78. The van der Waals surface area contributed by atoms with Crippen LogP contribution in [0.1, 0.15) is 28.8 Å². The number of nitro benzene ring substituents is 1. The average Bonchev–Trinajstić information content (AvgIpc) is 3.05. The Morgan fingerprint density at radius 3 is 2.56 bits per heavy atom. The molecule has 0 N–H and O–H groups in total. The van der Waals surface area contributed by atoms with Crippen molar-refractivity contribution in [1.29, 1.82) is 0 Å². The van der Waals surface area contributed by atoms with Crippen LogP contribution in [0, 0.1) is 17.0 Å². The van der Waals surface area contributed by atoms with Gasteiger partial charge in [0.05, 0.1) is 15.5 Å². The van der Waals surface area contributed by atoms with Gasteiger partial charge in [-0.2, -0.15) is 0 Å². The number of aryl methyl sites for hydroxylation is 1. The van der Waals surface area contributed by atoms with Crippen molar-refractivity contribution in [3.8, 4) is 0 Å². The zero-order chi connectivity index (χ0) is 19.6. The maximum atomic E-state index is 13.2. The molecular formula is C19H18ClN3O4. The zero-order valence-electron chi connectivity index (χ0n) is 14.7. The maximum Gasteiger partial charge on any atom is 0.270 e. The zero-order valence-corrected chi connectivity index (χ0v) is 15.5. The van der Waals surface area contributed by atoms with Gasteiger partial charge in [-0.05, 0) is 31.5 Å². The van der Waals surface area contributed by atoms with Crippen molar-refractivity contribution in [3.05, 3.63) is 68.7 Å². The summed E-state index contributed by atoms with van der Waals surface area (Å²) >= 11 is 6.15. The molecule has 1 aliphatic heterocycles. The van der Waals surface area contributed by atoms with Crippen LogP contribution >= 0.6 is 11.6 Å². The minimum Gasteiger partial charge on any atom is -0.324 e. The Morgan fingerprint density at radius 2 is 1.96 bits per heavy atom. The van der Waals surface area contributed by atoms with Crippen LogP contribution in [0.2, 0.25) is 5.02 Å². The fourth-order valence-electron chi connectivity index (χ4n) is 2.95. The molecule has 1 fully saturated rings. The van der Waals surface area contributed by atoms with E-state index in [1.807, 2.05) is 19.1 Å². The number of hydrogen-bond acceptors (Lipinski definition) is 4. The molecule has 0 aliphatic carbocycles. The molecule has 27 heavy (non-hydrogen) atoms. The van der Waals surface area contributed by atoms with Crippen molar-refractivity contribution in [1.82, 2.24) is 4.90 Å². The van der Waals surface area contributed by atoms with Crippen molar-refractivity contribution >= 4 is 34.8 Å². The van der Waals surface area contributed by atoms with E-state index in [0.29, 0.717) is 18.7 Å². The second-order valence-corrected chi connectivity index (χ2v) is 6.80. The highest BCUT2D eigenvalue weighted by atomic mass is 35.5. The third-order valence-corrected chi connectivity index (χ3v) is 4.80. The molecule has 7 nitrogen and oxygen atoms in total. The number of amides is 2. The molecule has 1 aliphatic rings. The number of carbonyl (C=O) groups excluding carboxylic acids is 2. The number of carbonyl (C=O) groups is 2. The third kappa shape index (κ3) is 4.09. The first-order chi connectivity index (χ1) is 12.9. The van der Waals surface area contributed by atoms with Crippen molar-refractivity contribution < 1.29 is 14.5 Å². The molecule has 2 aromatic rings. The number of likely N-dealkylation sites (tertiary alicyclic amines) is 1. The summed E-state index contributed by atoms with van der Waals surface area (Å²) in [5.74, 6) is -0.516. The number of non-ortho nitro benzene ring substituents is 1. The van der Waals surface area contributed by atoms with Gasteiger partial charge in [-0.3, -0.25) is 24.6 Å². The monoisotopic (exact) mass is 387 g/mol. The van der Waals surface area contributed by atoms with E-state index >= 15 is 0 Å². The van der Waals surface area contributed by atoms with Gasteiger partial charge in [0.25, 0.3) is 11.6 Å². The molecule has 8 heteroatoms. The first-order valence-electron chi connectivity index (χ1n) is 8.47. The summed E-state index contributed by atoms with van der Waals surface area (Å²) in [5.41, 5.74) is 1.42. The number of benzene rings is 2. The number of halogens is 1. The number of anilines is 1. The smallest absolute Gasteiger partial charge is 0.270 e. The van der Waals surface area contributed by atoms with Crippen LogP contribution in [0.4, 0.5) is 11.4 Å². The third-order valence-electron chi connectivity index (χ3n) is 4.47. The first kappa shape index (κ1) is 18.8. The second kappa shape index (κ2) is 7.75. The highest BCUT2D eigenvalue weighted by Crippen LogP contribution is 2.27. The number of nitro groups is 1. The van der Waals surface area contributed by atoms with Gasteiger partial charge in [-0.25, -0.2) is 0 Å². The Bertz CT molecular complexity index is 898. The molecule has 0 bridgehead atoms. The Kier molecular flexibility index (Phi) is 5.41. The minimum absolute atomic E-state index is 0.0231. The van der Waals surface area contributed by atoms with Gasteiger partial charge in [-0.1, -0.05) is 29.3 Å². The molecule has 0 radical (unpaired) electrons. The lowest BCUT2D eigenvalue weighted by Gasteiger charge is -2.28. The van der Waals surface area contributed by atoms with Crippen LogP contribution in [0.5, 0.6) is 0 Å². The standard InChI is InChI=1S/C19H18ClN3O4/c1-13-4-6-14(7-5-13)22(12-21-10-2-3-18(21)24)19(25)16-11-15(23(26)27)8-9-17(16)20/h4-9,11H,2-3,10,12H2,1H3.